The van der Waals surface area contributed by atoms with Crippen molar-refractivity contribution in [2.75, 3.05) is 11.9 Å². The van der Waals surface area contributed by atoms with E-state index in [4.69, 9.17) is 0 Å². The fourth-order valence-corrected chi connectivity index (χ4v) is 5.25. The van der Waals surface area contributed by atoms with Gasteiger partial charge < -0.3 is 20.9 Å². The molecule has 1 heterocycles. The second-order valence-corrected chi connectivity index (χ2v) is 10.0. The number of carbonyl (C=O) groups is 4. The van der Waals surface area contributed by atoms with Crippen LogP contribution in [0.3, 0.4) is 0 Å². The molecular weight excluding hydrogens is 456 g/mol. The van der Waals surface area contributed by atoms with E-state index in [2.05, 4.69) is 16.0 Å². The van der Waals surface area contributed by atoms with Gasteiger partial charge in [-0.25, -0.2) is 0 Å². The number of benzene rings is 2. The molecule has 0 aromatic heterocycles. The molecule has 0 spiro atoms. The van der Waals surface area contributed by atoms with Crippen LogP contribution in [0.5, 0.6) is 0 Å². The van der Waals surface area contributed by atoms with Crippen molar-refractivity contribution in [3.05, 3.63) is 64.7 Å². The van der Waals surface area contributed by atoms with Crippen LogP contribution in [0.1, 0.15) is 82.8 Å². The molecule has 0 radical (unpaired) electrons. The zero-order chi connectivity index (χ0) is 25.2. The summed E-state index contributed by atoms with van der Waals surface area (Å²) < 4.78 is 0. The van der Waals surface area contributed by atoms with Gasteiger partial charge in [0.25, 0.3) is 11.8 Å². The van der Waals surface area contributed by atoms with Crippen LogP contribution >= 0.6 is 0 Å². The highest BCUT2D eigenvalue weighted by atomic mass is 16.2. The number of hydrogen-bond donors (Lipinski definition) is 3. The molecule has 8 heteroatoms. The molecule has 1 unspecified atom stereocenters. The van der Waals surface area contributed by atoms with E-state index in [1.165, 1.54) is 6.42 Å². The minimum Gasteiger partial charge on any atom is -0.349 e. The summed E-state index contributed by atoms with van der Waals surface area (Å²) >= 11 is 0. The fraction of sp³-hybridized carbons (Fsp3) is 0.429. The second-order valence-electron chi connectivity index (χ2n) is 10.0. The molecule has 3 aliphatic rings. The summed E-state index contributed by atoms with van der Waals surface area (Å²) in [5, 5.41) is 8.62. The molecule has 0 bridgehead atoms. The molecule has 0 saturated heterocycles. The van der Waals surface area contributed by atoms with E-state index in [1.54, 1.807) is 41.3 Å². The van der Waals surface area contributed by atoms with E-state index in [0.717, 1.165) is 44.1 Å². The minimum atomic E-state index is -0.710. The van der Waals surface area contributed by atoms with E-state index < -0.39 is 6.04 Å². The Balaban J connectivity index is 1.18. The first-order valence-corrected chi connectivity index (χ1v) is 12.8. The van der Waals surface area contributed by atoms with Crippen LogP contribution in [0.2, 0.25) is 0 Å². The van der Waals surface area contributed by atoms with Crippen molar-refractivity contribution in [3.8, 4) is 0 Å². The third kappa shape index (κ3) is 4.98. The van der Waals surface area contributed by atoms with Gasteiger partial charge in [0.1, 0.15) is 6.04 Å². The number of amides is 4. The van der Waals surface area contributed by atoms with Crippen LogP contribution in [-0.4, -0.2) is 47.2 Å². The normalized spacial score (nSPS) is 19.5. The van der Waals surface area contributed by atoms with Gasteiger partial charge in [-0.15, -0.1) is 0 Å². The quantitative estimate of drug-likeness (QED) is 0.555. The summed E-state index contributed by atoms with van der Waals surface area (Å²) in [7, 11) is 0. The van der Waals surface area contributed by atoms with Crippen LogP contribution in [0.4, 0.5) is 5.69 Å². The van der Waals surface area contributed by atoms with Gasteiger partial charge in [-0.05, 0) is 68.0 Å². The van der Waals surface area contributed by atoms with E-state index in [-0.39, 0.29) is 42.3 Å². The van der Waals surface area contributed by atoms with Crippen LogP contribution in [0.25, 0.3) is 0 Å². The number of nitrogens with one attached hydrogen (secondary N) is 3. The molecule has 1 aliphatic heterocycles. The number of fused-ring (bicyclic) bond motifs is 1. The van der Waals surface area contributed by atoms with Gasteiger partial charge in [0.15, 0.2) is 0 Å². The summed E-state index contributed by atoms with van der Waals surface area (Å²) in [6, 6.07) is 11.9. The third-order valence-electron chi connectivity index (χ3n) is 7.31. The van der Waals surface area contributed by atoms with Crippen LogP contribution in [0.15, 0.2) is 42.5 Å². The highest BCUT2D eigenvalue weighted by Gasteiger charge is 2.47. The number of nitrogens with zero attached hydrogens (tertiary/aromatic N) is 1. The van der Waals surface area contributed by atoms with Gasteiger partial charge >= 0.3 is 0 Å². The average Bonchev–Trinajstić information content (AvgIpc) is 3.68. The SMILES string of the molecule is Cc1cc(C(=O)NC2CCCCC2)ccc1NC(=O)CNC(=O)C1c2ccccc2C(=O)N1C1CC1. The molecular formula is C28H32N4O4. The lowest BCUT2D eigenvalue weighted by Gasteiger charge is -2.24. The van der Waals surface area contributed by atoms with Crippen LogP contribution < -0.4 is 16.0 Å². The fourth-order valence-electron chi connectivity index (χ4n) is 5.25. The van der Waals surface area contributed by atoms with Crippen molar-refractivity contribution >= 4 is 29.3 Å². The first-order valence-electron chi connectivity index (χ1n) is 12.8. The highest BCUT2D eigenvalue weighted by molar-refractivity contribution is 6.06. The standard InChI is InChI=1S/C28H32N4O4/c1-17-15-18(26(34)30-19-7-3-2-4-8-19)11-14-23(17)31-24(33)16-29-27(35)25-21-9-5-6-10-22(21)28(36)32(25)20-12-13-20/h5-6,9-11,14-15,19-20,25H,2-4,7-8,12-13,16H2,1H3,(H,29,35)(H,30,34)(H,31,33). The van der Waals surface area contributed by atoms with Crippen molar-refractivity contribution in [3.63, 3.8) is 0 Å². The lowest BCUT2D eigenvalue weighted by atomic mass is 9.95. The Morgan fingerprint density at radius 2 is 1.72 bits per heavy atom. The Morgan fingerprint density at radius 1 is 0.972 bits per heavy atom. The molecule has 1 atom stereocenters. The second kappa shape index (κ2) is 10.1. The summed E-state index contributed by atoms with van der Waals surface area (Å²) in [6.45, 7) is 1.62. The van der Waals surface area contributed by atoms with Gasteiger partial charge in [-0.2, -0.15) is 0 Å². The Kier molecular flexibility index (Phi) is 6.76. The number of rotatable bonds is 7. The maximum Gasteiger partial charge on any atom is 0.255 e. The molecule has 2 aromatic carbocycles. The zero-order valence-corrected chi connectivity index (χ0v) is 20.5. The van der Waals surface area contributed by atoms with Crippen molar-refractivity contribution in [1.29, 1.82) is 0 Å². The smallest absolute Gasteiger partial charge is 0.255 e. The number of carbonyl (C=O) groups excluding carboxylic acids is 4. The van der Waals surface area contributed by atoms with Gasteiger partial charge in [0.05, 0.1) is 6.54 Å². The molecule has 2 fully saturated rings. The van der Waals surface area contributed by atoms with Crippen molar-refractivity contribution in [1.82, 2.24) is 15.5 Å². The lowest BCUT2D eigenvalue weighted by Crippen LogP contribution is -2.42. The Labute approximate surface area is 210 Å². The highest BCUT2D eigenvalue weighted by Crippen LogP contribution is 2.41. The van der Waals surface area contributed by atoms with Crippen LogP contribution in [0, 0.1) is 6.92 Å². The van der Waals surface area contributed by atoms with Gasteiger partial charge in [0.2, 0.25) is 11.8 Å². The molecule has 4 amide bonds. The Morgan fingerprint density at radius 3 is 2.44 bits per heavy atom. The van der Waals surface area contributed by atoms with Gasteiger partial charge in [-0.1, -0.05) is 37.5 Å². The molecule has 188 valence electrons. The predicted molar refractivity (Wildman–Crippen MR) is 136 cm³/mol. The predicted octanol–water partition coefficient (Wildman–Crippen LogP) is 3.47. The maximum absolute atomic E-state index is 13.1. The molecule has 5 rings (SSSR count). The molecule has 2 aliphatic carbocycles. The summed E-state index contributed by atoms with van der Waals surface area (Å²) in [5.41, 5.74) is 3.15. The van der Waals surface area contributed by atoms with Crippen molar-refractivity contribution in [2.24, 2.45) is 0 Å². The molecule has 3 N–H and O–H groups in total. The summed E-state index contributed by atoms with van der Waals surface area (Å²) in [6.07, 6.45) is 7.33. The maximum atomic E-state index is 13.1. The molecule has 36 heavy (non-hydrogen) atoms. The van der Waals surface area contributed by atoms with E-state index in [9.17, 15) is 19.2 Å². The first kappa shape index (κ1) is 24.0. The zero-order valence-electron chi connectivity index (χ0n) is 20.5. The Hall–Kier alpha value is -3.68. The number of anilines is 1. The summed E-state index contributed by atoms with van der Waals surface area (Å²) in [4.78, 5) is 52.8. The third-order valence-corrected chi connectivity index (χ3v) is 7.31. The minimum absolute atomic E-state index is 0.0750. The lowest BCUT2D eigenvalue weighted by molar-refractivity contribution is -0.127. The largest absolute Gasteiger partial charge is 0.349 e. The summed E-state index contributed by atoms with van der Waals surface area (Å²) in [5.74, 6) is -0.953. The van der Waals surface area contributed by atoms with Crippen molar-refractivity contribution < 1.29 is 19.2 Å². The van der Waals surface area contributed by atoms with Crippen LogP contribution in [-0.2, 0) is 9.59 Å². The average molecular weight is 489 g/mol. The van der Waals surface area contributed by atoms with Crippen molar-refractivity contribution in [2.45, 2.75) is 70.0 Å². The van der Waals surface area contributed by atoms with E-state index in [0.29, 0.717) is 22.4 Å². The Bertz CT molecular complexity index is 1200. The van der Waals surface area contributed by atoms with Gasteiger partial charge in [0, 0.05) is 28.9 Å². The first-order chi connectivity index (χ1) is 17.4. The molecule has 2 saturated carbocycles. The topological polar surface area (TPSA) is 108 Å². The molecule has 2 aromatic rings. The monoisotopic (exact) mass is 488 g/mol. The van der Waals surface area contributed by atoms with E-state index >= 15 is 0 Å². The number of aryl methyl sites for hydroxylation is 1. The van der Waals surface area contributed by atoms with Gasteiger partial charge in [-0.3, -0.25) is 19.2 Å². The molecule has 8 nitrogen and oxygen atoms in total. The number of hydrogen-bond acceptors (Lipinski definition) is 4. The van der Waals surface area contributed by atoms with E-state index in [1.807, 2.05) is 13.0 Å².